The molecule has 3 amide bonds. The molecule has 31 heavy (non-hydrogen) atoms. The monoisotopic (exact) mass is 438 g/mol. The van der Waals surface area contributed by atoms with E-state index in [9.17, 15) is 9.59 Å². The lowest BCUT2D eigenvalue weighted by atomic mass is 10.1. The summed E-state index contributed by atoms with van der Waals surface area (Å²) in [4.78, 5) is 24.7. The highest BCUT2D eigenvalue weighted by atomic mass is 35.5. The van der Waals surface area contributed by atoms with Crippen LogP contribution in [0, 0.1) is 5.92 Å². The molecule has 0 unspecified atom stereocenters. The summed E-state index contributed by atoms with van der Waals surface area (Å²) in [5, 5.41) is 16.4. The smallest absolute Gasteiger partial charge is 0.323 e. The fourth-order valence-corrected chi connectivity index (χ4v) is 3.58. The van der Waals surface area contributed by atoms with E-state index in [1.54, 1.807) is 53.3 Å². The number of halogens is 1. The Hall–Kier alpha value is -3.36. The number of aromatic nitrogens is 2. The normalized spacial score (nSPS) is 15.5. The van der Waals surface area contributed by atoms with Crippen LogP contribution in [0.2, 0.25) is 5.02 Å². The van der Waals surface area contributed by atoms with Crippen molar-refractivity contribution in [3.05, 3.63) is 71.5 Å². The van der Waals surface area contributed by atoms with Crippen molar-refractivity contribution in [1.82, 2.24) is 20.4 Å². The van der Waals surface area contributed by atoms with Crippen molar-refractivity contribution in [1.29, 1.82) is 0 Å². The number of benzene rings is 2. The Morgan fingerprint density at radius 1 is 1.16 bits per heavy atom. The van der Waals surface area contributed by atoms with E-state index >= 15 is 0 Å². The summed E-state index contributed by atoms with van der Waals surface area (Å²) in [7, 11) is 0. The largest absolute Gasteiger partial charge is 0.352 e. The number of carbonyl (C=O) groups is 2. The number of nitrogens with one attached hydrogen (secondary N) is 4. The lowest BCUT2D eigenvalue weighted by molar-refractivity contribution is 0.0948. The summed E-state index contributed by atoms with van der Waals surface area (Å²) in [6.07, 6.45) is 4.28. The molecule has 1 aromatic heterocycles. The van der Waals surface area contributed by atoms with Crippen LogP contribution in [0.4, 0.5) is 16.2 Å². The summed E-state index contributed by atoms with van der Waals surface area (Å²) in [6, 6.07) is 13.7. The quantitative estimate of drug-likeness (QED) is 0.473. The zero-order valence-corrected chi connectivity index (χ0v) is 17.5. The third-order valence-electron chi connectivity index (χ3n) is 5.05. The van der Waals surface area contributed by atoms with Crippen LogP contribution in [0.15, 0.2) is 60.9 Å². The molecule has 1 saturated heterocycles. The Morgan fingerprint density at radius 3 is 2.84 bits per heavy atom. The van der Waals surface area contributed by atoms with Gasteiger partial charge < -0.3 is 21.3 Å². The van der Waals surface area contributed by atoms with E-state index in [1.807, 2.05) is 6.07 Å². The molecular formula is C22H23ClN6O2. The van der Waals surface area contributed by atoms with Gasteiger partial charge in [-0.1, -0.05) is 29.8 Å². The molecule has 0 bridgehead atoms. The fourth-order valence-electron chi connectivity index (χ4n) is 3.39. The van der Waals surface area contributed by atoms with Gasteiger partial charge in [-0.05, 0) is 55.8 Å². The van der Waals surface area contributed by atoms with Gasteiger partial charge in [-0.3, -0.25) is 4.79 Å². The van der Waals surface area contributed by atoms with Crippen LogP contribution in [0.5, 0.6) is 0 Å². The second-order valence-electron chi connectivity index (χ2n) is 7.35. The van der Waals surface area contributed by atoms with Gasteiger partial charge >= 0.3 is 6.03 Å². The third kappa shape index (κ3) is 5.42. The lowest BCUT2D eigenvalue weighted by Gasteiger charge is -2.11. The summed E-state index contributed by atoms with van der Waals surface area (Å²) in [5.74, 6) is 0.363. The Labute approximate surface area is 185 Å². The van der Waals surface area contributed by atoms with Gasteiger partial charge in [-0.2, -0.15) is 5.10 Å². The molecule has 0 aliphatic carbocycles. The maximum Gasteiger partial charge on any atom is 0.323 e. The molecule has 1 atom stereocenters. The van der Waals surface area contributed by atoms with E-state index in [0.29, 0.717) is 34.4 Å². The van der Waals surface area contributed by atoms with Crippen LogP contribution in [0.25, 0.3) is 5.69 Å². The maximum atomic E-state index is 12.5. The van der Waals surface area contributed by atoms with Gasteiger partial charge in [0.05, 0.1) is 34.5 Å². The summed E-state index contributed by atoms with van der Waals surface area (Å²) in [5.41, 5.74) is 2.30. The van der Waals surface area contributed by atoms with E-state index in [0.717, 1.165) is 25.2 Å². The zero-order chi connectivity index (χ0) is 21.6. The highest BCUT2D eigenvalue weighted by Gasteiger charge is 2.16. The highest BCUT2D eigenvalue weighted by molar-refractivity contribution is 6.33. The van der Waals surface area contributed by atoms with Gasteiger partial charge in [0.25, 0.3) is 5.91 Å². The molecule has 9 heteroatoms. The number of urea groups is 1. The van der Waals surface area contributed by atoms with Gasteiger partial charge in [-0.15, -0.1) is 0 Å². The molecule has 0 spiro atoms. The minimum atomic E-state index is -0.429. The number of hydrogen-bond donors (Lipinski definition) is 4. The zero-order valence-electron chi connectivity index (χ0n) is 16.8. The van der Waals surface area contributed by atoms with Crippen molar-refractivity contribution in [3.8, 4) is 5.69 Å². The molecule has 0 saturated carbocycles. The lowest BCUT2D eigenvalue weighted by Crippen LogP contribution is -2.30. The minimum Gasteiger partial charge on any atom is -0.352 e. The molecule has 2 heterocycles. The Morgan fingerprint density at radius 2 is 2.03 bits per heavy atom. The molecule has 3 aromatic rings. The number of amides is 3. The fraction of sp³-hybridized carbons (Fsp3) is 0.227. The number of carbonyl (C=O) groups excluding carboxylic acids is 2. The van der Waals surface area contributed by atoms with Crippen molar-refractivity contribution < 1.29 is 9.59 Å². The standard InChI is InChI=1S/C22H23ClN6O2/c23-19-6-1-2-7-20(19)28-22(31)27-17-13-26-29(14-17)18-5-3-4-16(10-18)21(30)25-12-15-8-9-24-11-15/h1-7,10,13-15,24H,8-9,11-12H2,(H,25,30)(H2,27,28,31)/t15-/m0/s1. The first-order valence-corrected chi connectivity index (χ1v) is 10.4. The van der Waals surface area contributed by atoms with Gasteiger partial charge in [0.2, 0.25) is 0 Å². The van der Waals surface area contributed by atoms with Crippen LogP contribution in [0.3, 0.4) is 0 Å². The van der Waals surface area contributed by atoms with Crippen LogP contribution in [-0.2, 0) is 0 Å². The molecule has 0 radical (unpaired) electrons. The first-order valence-electron chi connectivity index (χ1n) is 10.0. The average Bonchev–Trinajstić information content (AvgIpc) is 3.46. The van der Waals surface area contributed by atoms with Crippen molar-refractivity contribution in [3.63, 3.8) is 0 Å². The van der Waals surface area contributed by atoms with Crippen molar-refractivity contribution in [2.75, 3.05) is 30.3 Å². The molecule has 8 nitrogen and oxygen atoms in total. The minimum absolute atomic E-state index is 0.113. The van der Waals surface area contributed by atoms with Gasteiger partial charge in [0.15, 0.2) is 0 Å². The summed E-state index contributed by atoms with van der Waals surface area (Å²) in [6.45, 7) is 2.60. The van der Waals surface area contributed by atoms with Crippen molar-refractivity contribution in [2.45, 2.75) is 6.42 Å². The van der Waals surface area contributed by atoms with E-state index in [-0.39, 0.29) is 5.91 Å². The van der Waals surface area contributed by atoms with Gasteiger partial charge in [0.1, 0.15) is 0 Å². The molecule has 4 rings (SSSR count). The van der Waals surface area contributed by atoms with Crippen LogP contribution < -0.4 is 21.3 Å². The predicted octanol–water partition coefficient (Wildman–Crippen LogP) is 3.51. The Bertz CT molecular complexity index is 1080. The topological polar surface area (TPSA) is 100 Å². The molecule has 4 N–H and O–H groups in total. The molecule has 1 fully saturated rings. The number of para-hydroxylation sites is 1. The summed E-state index contributed by atoms with van der Waals surface area (Å²) >= 11 is 6.06. The number of rotatable bonds is 6. The predicted molar refractivity (Wildman–Crippen MR) is 121 cm³/mol. The van der Waals surface area contributed by atoms with Gasteiger partial charge in [0, 0.05) is 12.1 Å². The Balaban J connectivity index is 1.38. The van der Waals surface area contributed by atoms with E-state index < -0.39 is 6.03 Å². The molecule has 160 valence electrons. The second kappa shape index (κ2) is 9.63. The maximum absolute atomic E-state index is 12.5. The van der Waals surface area contributed by atoms with E-state index in [4.69, 9.17) is 11.6 Å². The molecule has 1 aliphatic rings. The molecule has 1 aliphatic heterocycles. The van der Waals surface area contributed by atoms with E-state index in [1.165, 1.54) is 6.20 Å². The number of nitrogens with zero attached hydrogens (tertiary/aromatic N) is 2. The first kappa shape index (κ1) is 20.9. The number of anilines is 2. The van der Waals surface area contributed by atoms with Crippen LogP contribution >= 0.6 is 11.6 Å². The van der Waals surface area contributed by atoms with Crippen LogP contribution in [0.1, 0.15) is 16.8 Å². The SMILES string of the molecule is O=C(Nc1cnn(-c2cccc(C(=O)NC[C@H]3CCNC3)c2)c1)Nc1ccccc1Cl. The van der Waals surface area contributed by atoms with Crippen molar-refractivity contribution >= 4 is 34.9 Å². The third-order valence-corrected chi connectivity index (χ3v) is 5.38. The summed E-state index contributed by atoms with van der Waals surface area (Å²) < 4.78 is 1.60. The first-order chi connectivity index (χ1) is 15.1. The Kier molecular flexibility index (Phi) is 6.49. The van der Waals surface area contributed by atoms with Crippen molar-refractivity contribution in [2.24, 2.45) is 5.92 Å². The molecular weight excluding hydrogens is 416 g/mol. The second-order valence-corrected chi connectivity index (χ2v) is 7.76. The van der Waals surface area contributed by atoms with Gasteiger partial charge in [-0.25, -0.2) is 9.48 Å². The van der Waals surface area contributed by atoms with E-state index in [2.05, 4.69) is 26.4 Å². The average molecular weight is 439 g/mol. The number of hydrogen-bond acceptors (Lipinski definition) is 4. The van der Waals surface area contributed by atoms with Crippen LogP contribution in [-0.4, -0.2) is 41.4 Å². The highest BCUT2D eigenvalue weighted by Crippen LogP contribution is 2.21. The molecule has 2 aromatic carbocycles.